The van der Waals surface area contributed by atoms with Crippen LogP contribution in [0.2, 0.25) is 0 Å². The lowest BCUT2D eigenvalue weighted by molar-refractivity contribution is -0.145. The summed E-state index contributed by atoms with van der Waals surface area (Å²) in [5.74, 6) is 0.271. The van der Waals surface area contributed by atoms with Crippen LogP contribution in [0.5, 0.6) is 5.75 Å². The molecule has 142 valence electrons. The van der Waals surface area contributed by atoms with Gasteiger partial charge >= 0.3 is 0 Å². The highest BCUT2D eigenvalue weighted by molar-refractivity contribution is 5.81. The Morgan fingerprint density at radius 3 is 2.56 bits per heavy atom. The topological polar surface area (TPSA) is 160 Å². The molecule has 1 aliphatic rings. The first kappa shape index (κ1) is 17.6. The molecule has 10 heteroatoms. The molecule has 1 saturated heterocycles. The molecule has 27 heavy (non-hydrogen) atoms. The van der Waals surface area contributed by atoms with E-state index < -0.39 is 30.6 Å². The predicted octanol–water partition coefficient (Wildman–Crippen LogP) is -0.878. The summed E-state index contributed by atoms with van der Waals surface area (Å²) in [5, 5.41) is 40.3. The third kappa shape index (κ3) is 2.70. The van der Waals surface area contributed by atoms with Gasteiger partial charge in [-0.2, -0.15) is 0 Å². The van der Waals surface area contributed by atoms with Gasteiger partial charge in [0.25, 0.3) is 0 Å². The van der Waals surface area contributed by atoms with E-state index in [0.29, 0.717) is 11.2 Å². The number of rotatable bonds is 4. The number of benzene rings is 1. The first-order valence-corrected chi connectivity index (χ1v) is 8.33. The number of nitrogens with zero attached hydrogens (tertiary/aromatic N) is 4. The van der Waals surface area contributed by atoms with Crippen molar-refractivity contribution in [3.8, 4) is 5.75 Å². The van der Waals surface area contributed by atoms with E-state index in [9.17, 15) is 20.4 Å². The molecule has 3 aromatic rings. The lowest BCUT2D eigenvalue weighted by Gasteiger charge is -2.34. The molecule has 0 bridgehead atoms. The molecular weight excluding hydrogens is 354 g/mol. The van der Waals surface area contributed by atoms with Crippen molar-refractivity contribution < 1.29 is 25.2 Å². The van der Waals surface area contributed by atoms with Crippen molar-refractivity contribution in [3.05, 3.63) is 42.5 Å². The Kier molecular flexibility index (Phi) is 4.19. The Morgan fingerprint density at radius 1 is 1.15 bits per heavy atom. The van der Waals surface area contributed by atoms with Crippen molar-refractivity contribution in [2.75, 3.05) is 12.3 Å². The Balaban J connectivity index is 1.88. The highest BCUT2D eigenvalue weighted by Crippen LogP contribution is 2.40. The third-order valence-corrected chi connectivity index (χ3v) is 4.87. The van der Waals surface area contributed by atoms with Gasteiger partial charge in [-0.15, -0.1) is 0 Å². The highest BCUT2D eigenvalue weighted by atomic mass is 16.6. The second kappa shape index (κ2) is 6.43. The molecule has 1 aliphatic heterocycles. The zero-order chi connectivity index (χ0) is 19.2. The van der Waals surface area contributed by atoms with Crippen LogP contribution in [0.1, 0.15) is 5.56 Å². The van der Waals surface area contributed by atoms with Gasteiger partial charge in [-0.05, 0) is 17.7 Å². The number of hydrogen-bond donors (Lipinski definition) is 5. The summed E-state index contributed by atoms with van der Waals surface area (Å²) in [7, 11) is 0. The number of nitrogen functional groups attached to an aromatic ring is 1. The van der Waals surface area contributed by atoms with Gasteiger partial charge in [0.2, 0.25) is 0 Å². The fourth-order valence-electron chi connectivity index (χ4n) is 3.48. The monoisotopic (exact) mass is 373 g/mol. The second-order valence-corrected chi connectivity index (χ2v) is 6.51. The maximum Gasteiger partial charge on any atom is 0.180 e. The van der Waals surface area contributed by atoms with Crippen LogP contribution >= 0.6 is 0 Å². The minimum absolute atomic E-state index is 0.0996. The lowest BCUT2D eigenvalue weighted by Crippen LogP contribution is -2.47. The molecule has 2 aromatic heterocycles. The van der Waals surface area contributed by atoms with E-state index in [-0.39, 0.29) is 18.0 Å². The van der Waals surface area contributed by atoms with Crippen LogP contribution in [0.3, 0.4) is 0 Å². The number of nitrogens with two attached hydrogens (primary N) is 1. The summed E-state index contributed by atoms with van der Waals surface area (Å²) < 4.78 is 7.46. The summed E-state index contributed by atoms with van der Waals surface area (Å²) in [6, 6.07) is 6.37. The number of aliphatic hydroxyl groups excluding tert-OH is 3. The third-order valence-electron chi connectivity index (χ3n) is 4.87. The SMILES string of the molecule is Nc1ncnc2c1ncn2C1(Cc2ccc(O)cc2)O[C@H](CO)[C@@H](O)[C@H]1O. The minimum Gasteiger partial charge on any atom is -0.508 e. The van der Waals surface area contributed by atoms with E-state index in [0.717, 1.165) is 5.56 Å². The quantitative estimate of drug-likeness (QED) is 0.391. The van der Waals surface area contributed by atoms with Gasteiger partial charge in [-0.3, -0.25) is 4.57 Å². The molecule has 1 aromatic carbocycles. The number of fused-ring (bicyclic) bond motifs is 1. The van der Waals surface area contributed by atoms with E-state index in [1.54, 1.807) is 12.1 Å². The Bertz CT molecular complexity index is 962. The Hall–Kier alpha value is -2.79. The highest BCUT2D eigenvalue weighted by Gasteiger charge is 2.56. The summed E-state index contributed by atoms with van der Waals surface area (Å²) in [5.41, 5.74) is 5.74. The molecule has 0 saturated carbocycles. The fourth-order valence-corrected chi connectivity index (χ4v) is 3.48. The van der Waals surface area contributed by atoms with Crippen molar-refractivity contribution in [3.63, 3.8) is 0 Å². The van der Waals surface area contributed by atoms with E-state index in [1.807, 2.05) is 0 Å². The van der Waals surface area contributed by atoms with Gasteiger partial charge in [-0.1, -0.05) is 12.1 Å². The number of imidazole rings is 1. The van der Waals surface area contributed by atoms with Gasteiger partial charge < -0.3 is 30.9 Å². The van der Waals surface area contributed by atoms with Crippen molar-refractivity contribution in [1.82, 2.24) is 19.5 Å². The van der Waals surface area contributed by atoms with Crippen molar-refractivity contribution in [2.24, 2.45) is 0 Å². The van der Waals surface area contributed by atoms with Crippen LogP contribution in [-0.2, 0) is 16.9 Å². The molecule has 4 rings (SSSR count). The maximum atomic E-state index is 10.9. The number of hydrogen-bond acceptors (Lipinski definition) is 9. The van der Waals surface area contributed by atoms with Gasteiger partial charge in [0.05, 0.1) is 12.9 Å². The maximum absolute atomic E-state index is 10.9. The van der Waals surface area contributed by atoms with Crippen LogP contribution in [0.15, 0.2) is 36.9 Å². The van der Waals surface area contributed by atoms with E-state index in [2.05, 4.69) is 15.0 Å². The molecule has 1 fully saturated rings. The molecule has 4 atom stereocenters. The van der Waals surface area contributed by atoms with Crippen LogP contribution in [0.25, 0.3) is 11.2 Å². The standard InChI is InChI=1S/C17H19N5O5/c18-15-12-16(20-7-19-15)22(8-21-12)17(5-9-1-3-10(24)4-2-9)14(26)13(25)11(6-23)27-17/h1-4,7-8,11,13-14,23-26H,5-6H2,(H2,18,19,20)/t11-,13-,14-,17?/m1/s1. The van der Waals surface area contributed by atoms with Gasteiger partial charge in [0.15, 0.2) is 17.2 Å². The summed E-state index contributed by atoms with van der Waals surface area (Å²) in [4.78, 5) is 12.3. The van der Waals surface area contributed by atoms with E-state index in [1.165, 1.54) is 29.4 Å². The zero-order valence-electron chi connectivity index (χ0n) is 14.2. The molecule has 6 N–H and O–H groups in total. The molecule has 0 aliphatic carbocycles. The van der Waals surface area contributed by atoms with E-state index in [4.69, 9.17) is 10.5 Å². The van der Waals surface area contributed by atoms with Crippen molar-refractivity contribution in [1.29, 1.82) is 0 Å². The smallest absolute Gasteiger partial charge is 0.180 e. The number of anilines is 1. The molecule has 0 amide bonds. The normalized spacial score (nSPS) is 28.0. The number of ether oxygens (including phenoxy) is 1. The predicted molar refractivity (Wildman–Crippen MR) is 93.5 cm³/mol. The fraction of sp³-hybridized carbons (Fsp3) is 0.353. The first-order valence-electron chi connectivity index (χ1n) is 8.33. The first-order chi connectivity index (χ1) is 13.0. The lowest BCUT2D eigenvalue weighted by atomic mass is 9.94. The van der Waals surface area contributed by atoms with Gasteiger partial charge in [0.1, 0.15) is 35.9 Å². The number of aliphatic hydroxyl groups is 3. The summed E-state index contributed by atoms with van der Waals surface area (Å²) in [6.45, 7) is -0.473. The summed E-state index contributed by atoms with van der Waals surface area (Å²) >= 11 is 0. The van der Waals surface area contributed by atoms with Crippen LogP contribution in [0, 0.1) is 0 Å². The van der Waals surface area contributed by atoms with Crippen molar-refractivity contribution >= 4 is 17.0 Å². The van der Waals surface area contributed by atoms with Gasteiger partial charge in [-0.25, -0.2) is 15.0 Å². The van der Waals surface area contributed by atoms with Crippen LogP contribution < -0.4 is 5.73 Å². The Labute approximate surface area is 153 Å². The average Bonchev–Trinajstić information content (AvgIpc) is 3.20. The molecule has 1 unspecified atom stereocenters. The average molecular weight is 373 g/mol. The molecule has 0 spiro atoms. The number of aromatic nitrogens is 4. The molecule has 10 nitrogen and oxygen atoms in total. The van der Waals surface area contributed by atoms with Gasteiger partial charge in [0, 0.05) is 6.42 Å². The largest absolute Gasteiger partial charge is 0.508 e. The second-order valence-electron chi connectivity index (χ2n) is 6.51. The number of phenols is 1. The minimum atomic E-state index is -1.49. The molecular formula is C17H19N5O5. The zero-order valence-corrected chi connectivity index (χ0v) is 14.2. The Morgan fingerprint density at radius 2 is 1.89 bits per heavy atom. The molecule has 0 radical (unpaired) electrons. The number of aromatic hydroxyl groups is 1. The van der Waals surface area contributed by atoms with Crippen molar-refractivity contribution in [2.45, 2.75) is 30.5 Å². The van der Waals surface area contributed by atoms with E-state index >= 15 is 0 Å². The van der Waals surface area contributed by atoms with Crippen LogP contribution in [0.4, 0.5) is 5.82 Å². The number of phenolic OH excluding ortho intramolecular Hbond substituents is 1. The molecule has 3 heterocycles. The summed E-state index contributed by atoms with van der Waals surface area (Å²) in [6.07, 6.45) is -0.885. The van der Waals surface area contributed by atoms with Crippen LogP contribution in [-0.4, -0.2) is 64.9 Å².